The summed E-state index contributed by atoms with van der Waals surface area (Å²) in [5, 5.41) is 2.28. The number of aromatic nitrogens is 1. The van der Waals surface area contributed by atoms with Crippen molar-refractivity contribution in [2.24, 2.45) is 0 Å². The number of furan rings is 1. The first-order chi connectivity index (χ1) is 13.8. The van der Waals surface area contributed by atoms with Gasteiger partial charge in [0.1, 0.15) is 22.1 Å². The van der Waals surface area contributed by atoms with Crippen LogP contribution in [0, 0.1) is 5.82 Å². The molecule has 0 atom stereocenters. The van der Waals surface area contributed by atoms with E-state index in [9.17, 15) is 22.4 Å². The van der Waals surface area contributed by atoms with E-state index >= 15 is 0 Å². The highest BCUT2D eigenvalue weighted by atomic mass is 32.2. The molecule has 1 aromatic carbocycles. The molecule has 1 aliphatic rings. The van der Waals surface area contributed by atoms with Crippen molar-refractivity contribution in [2.75, 3.05) is 7.05 Å². The zero-order valence-electron chi connectivity index (χ0n) is 14.7. The van der Waals surface area contributed by atoms with Crippen molar-refractivity contribution in [3.63, 3.8) is 0 Å². The first-order valence-corrected chi connectivity index (χ1v) is 10.4. The molecule has 2 amide bonds. The largest absolute Gasteiger partial charge is 0.456 e. The number of amides is 2. The fraction of sp³-hybridized carbons (Fsp3) is 0.0556. The first kappa shape index (κ1) is 19.3. The molecule has 0 spiro atoms. The Bertz CT molecular complexity index is 1310. The summed E-state index contributed by atoms with van der Waals surface area (Å²) in [5.41, 5.74) is 1.19. The number of halogens is 1. The van der Waals surface area contributed by atoms with E-state index in [2.05, 4.69) is 15.0 Å². The highest BCUT2D eigenvalue weighted by molar-refractivity contribution is 8.18. The monoisotopic (exact) mass is 433 g/mol. The number of carbonyl (C=O) groups excluding carboxylic acids is 2. The second-order valence-electron chi connectivity index (χ2n) is 5.96. The van der Waals surface area contributed by atoms with Gasteiger partial charge in [-0.15, -0.1) is 0 Å². The molecule has 3 aromatic rings. The molecule has 0 aliphatic carbocycles. The summed E-state index contributed by atoms with van der Waals surface area (Å²) in [4.78, 5) is 26.8. The quantitative estimate of drug-likeness (QED) is 0.607. The van der Waals surface area contributed by atoms with Crippen LogP contribution in [0.3, 0.4) is 0 Å². The van der Waals surface area contributed by atoms with Crippen LogP contribution in [0.1, 0.15) is 5.76 Å². The maximum absolute atomic E-state index is 14.4. The van der Waals surface area contributed by atoms with Gasteiger partial charge in [-0.3, -0.25) is 19.9 Å². The van der Waals surface area contributed by atoms with Crippen LogP contribution >= 0.6 is 11.8 Å². The van der Waals surface area contributed by atoms with Crippen LogP contribution in [-0.2, 0) is 14.8 Å². The number of imide groups is 1. The summed E-state index contributed by atoms with van der Waals surface area (Å²) in [5.74, 6) is -1.11. The number of rotatable bonds is 4. The van der Waals surface area contributed by atoms with E-state index in [4.69, 9.17) is 4.42 Å². The van der Waals surface area contributed by atoms with Gasteiger partial charge in [-0.05, 0) is 42.6 Å². The first-order valence-electron chi connectivity index (χ1n) is 8.14. The number of sulfonamides is 1. The SMILES string of the molecule is CNS(=O)(=O)c1ccc(-c2cncc3cc(C=C4SC(=O)NC4=O)oc23)cc1F. The molecule has 11 heteroatoms. The average Bonchev–Trinajstić information content (AvgIpc) is 3.23. The third kappa shape index (κ3) is 3.55. The lowest BCUT2D eigenvalue weighted by Gasteiger charge is -2.07. The summed E-state index contributed by atoms with van der Waals surface area (Å²) in [6.07, 6.45) is 4.43. The molecule has 3 heterocycles. The number of carbonyl (C=O) groups is 2. The molecule has 0 unspecified atom stereocenters. The predicted octanol–water partition coefficient (Wildman–Crippen LogP) is 2.87. The van der Waals surface area contributed by atoms with Crippen molar-refractivity contribution in [1.82, 2.24) is 15.0 Å². The third-order valence-electron chi connectivity index (χ3n) is 4.16. The van der Waals surface area contributed by atoms with E-state index in [1.165, 1.54) is 31.6 Å². The molecule has 1 fully saturated rings. The Kier molecular flexibility index (Phi) is 4.73. The van der Waals surface area contributed by atoms with E-state index in [0.717, 1.165) is 23.9 Å². The van der Waals surface area contributed by atoms with Crippen LogP contribution in [0.5, 0.6) is 0 Å². The fourth-order valence-electron chi connectivity index (χ4n) is 2.81. The molecule has 148 valence electrons. The lowest BCUT2D eigenvalue weighted by Crippen LogP contribution is -2.19. The predicted molar refractivity (Wildman–Crippen MR) is 105 cm³/mol. The lowest BCUT2D eigenvalue weighted by molar-refractivity contribution is -0.115. The van der Waals surface area contributed by atoms with Crippen LogP contribution in [0.25, 0.3) is 28.2 Å². The maximum Gasteiger partial charge on any atom is 0.290 e. The highest BCUT2D eigenvalue weighted by Gasteiger charge is 2.26. The minimum absolute atomic E-state index is 0.191. The summed E-state index contributed by atoms with van der Waals surface area (Å²) in [6, 6.07) is 5.32. The zero-order valence-corrected chi connectivity index (χ0v) is 16.4. The van der Waals surface area contributed by atoms with Crippen LogP contribution in [0.2, 0.25) is 0 Å². The van der Waals surface area contributed by atoms with E-state index in [0.29, 0.717) is 27.9 Å². The minimum Gasteiger partial charge on any atom is -0.456 e. The molecule has 29 heavy (non-hydrogen) atoms. The second kappa shape index (κ2) is 7.10. The molecule has 1 saturated heterocycles. The molecule has 0 saturated carbocycles. The molecule has 2 N–H and O–H groups in total. The molecule has 1 aliphatic heterocycles. The standard InChI is InChI=1S/C18H12FN3O5S2/c1-20-29(25,26)15-3-2-9(5-13(15)19)12-8-21-7-10-4-11(27-16(10)12)6-14-17(23)22-18(24)28-14/h2-8,20H,1H3,(H,22,23,24). The third-order valence-corrected chi connectivity index (χ3v) is 6.42. The molecule has 0 bridgehead atoms. The van der Waals surface area contributed by atoms with E-state index < -0.39 is 31.9 Å². The van der Waals surface area contributed by atoms with Crippen molar-refractivity contribution >= 4 is 50.0 Å². The minimum atomic E-state index is -3.93. The number of pyridine rings is 1. The number of fused-ring (bicyclic) bond motifs is 1. The second-order valence-corrected chi connectivity index (χ2v) is 8.83. The highest BCUT2D eigenvalue weighted by Crippen LogP contribution is 2.33. The van der Waals surface area contributed by atoms with Crippen LogP contribution in [0.15, 0.2) is 50.9 Å². The molecule has 2 aromatic heterocycles. The summed E-state index contributed by atoms with van der Waals surface area (Å²) < 4.78 is 46.0. The molecular weight excluding hydrogens is 421 g/mol. The van der Waals surface area contributed by atoms with Crippen LogP contribution in [0.4, 0.5) is 9.18 Å². The van der Waals surface area contributed by atoms with Gasteiger partial charge < -0.3 is 4.42 Å². The van der Waals surface area contributed by atoms with Gasteiger partial charge in [0.2, 0.25) is 10.0 Å². The normalized spacial score (nSPS) is 16.0. The Hall–Kier alpha value is -3.02. The number of hydrogen-bond acceptors (Lipinski definition) is 7. The summed E-state index contributed by atoms with van der Waals surface area (Å²) in [6.45, 7) is 0. The van der Waals surface area contributed by atoms with Crippen molar-refractivity contribution in [3.05, 3.63) is 53.1 Å². The summed E-state index contributed by atoms with van der Waals surface area (Å²) in [7, 11) is -2.73. The average molecular weight is 433 g/mol. The van der Waals surface area contributed by atoms with Gasteiger partial charge in [-0.2, -0.15) is 0 Å². The van der Waals surface area contributed by atoms with Gasteiger partial charge in [-0.1, -0.05) is 6.07 Å². The van der Waals surface area contributed by atoms with Crippen molar-refractivity contribution < 1.29 is 26.8 Å². The van der Waals surface area contributed by atoms with Crippen LogP contribution < -0.4 is 10.0 Å². The number of nitrogens with one attached hydrogen (secondary N) is 2. The van der Waals surface area contributed by atoms with Crippen molar-refractivity contribution in [1.29, 1.82) is 0 Å². The van der Waals surface area contributed by atoms with E-state index in [1.807, 2.05) is 0 Å². The maximum atomic E-state index is 14.4. The Balaban J connectivity index is 1.79. The van der Waals surface area contributed by atoms with Gasteiger partial charge in [0.25, 0.3) is 11.1 Å². The lowest BCUT2D eigenvalue weighted by atomic mass is 10.1. The molecule has 0 radical (unpaired) electrons. The van der Waals surface area contributed by atoms with Gasteiger partial charge in [0.05, 0.1) is 4.91 Å². The molecule has 4 rings (SSSR count). The van der Waals surface area contributed by atoms with Crippen molar-refractivity contribution in [2.45, 2.75) is 4.90 Å². The Morgan fingerprint density at radius 2 is 2.03 bits per heavy atom. The Morgan fingerprint density at radius 1 is 1.24 bits per heavy atom. The number of nitrogens with zero attached hydrogens (tertiary/aromatic N) is 1. The van der Waals surface area contributed by atoms with E-state index in [1.54, 1.807) is 6.07 Å². The van der Waals surface area contributed by atoms with E-state index in [-0.39, 0.29) is 4.91 Å². The topological polar surface area (TPSA) is 118 Å². The summed E-state index contributed by atoms with van der Waals surface area (Å²) >= 11 is 0.760. The van der Waals surface area contributed by atoms with Gasteiger partial charge >= 0.3 is 0 Å². The van der Waals surface area contributed by atoms with Crippen LogP contribution in [-0.4, -0.2) is 31.6 Å². The number of benzene rings is 1. The molecule has 8 nitrogen and oxygen atoms in total. The van der Waals surface area contributed by atoms with Crippen molar-refractivity contribution in [3.8, 4) is 11.1 Å². The van der Waals surface area contributed by atoms with Gasteiger partial charge in [0, 0.05) is 29.4 Å². The zero-order chi connectivity index (χ0) is 20.8. The molecular formula is C18H12FN3O5S2. The number of hydrogen-bond donors (Lipinski definition) is 2. The number of thioether (sulfide) groups is 1. The smallest absolute Gasteiger partial charge is 0.290 e. The fourth-order valence-corrected chi connectivity index (χ4v) is 4.25. The Morgan fingerprint density at radius 3 is 2.69 bits per heavy atom. The van der Waals surface area contributed by atoms with Gasteiger partial charge in [0.15, 0.2) is 0 Å². The van der Waals surface area contributed by atoms with Gasteiger partial charge in [-0.25, -0.2) is 17.5 Å². The Labute approximate surface area is 168 Å².